The molecule has 0 aliphatic heterocycles. The maximum Gasteiger partial charge on any atom is 0.257 e. The average molecular weight is 514 g/mol. The highest BCUT2D eigenvalue weighted by atomic mass is 79.9. The number of aromatic nitrogens is 2. The van der Waals surface area contributed by atoms with E-state index in [9.17, 15) is 10.1 Å². The van der Waals surface area contributed by atoms with Crippen molar-refractivity contribution in [2.24, 2.45) is 5.92 Å². The summed E-state index contributed by atoms with van der Waals surface area (Å²) < 4.78 is 2.73. The van der Waals surface area contributed by atoms with Gasteiger partial charge in [0.2, 0.25) is 0 Å². The van der Waals surface area contributed by atoms with Crippen LogP contribution in [-0.4, -0.2) is 20.8 Å². The first-order chi connectivity index (χ1) is 14.9. The van der Waals surface area contributed by atoms with Gasteiger partial charge in [-0.1, -0.05) is 19.1 Å². The zero-order chi connectivity index (χ0) is 22.0. The summed E-state index contributed by atoms with van der Waals surface area (Å²) in [6.45, 7) is 2.85. The second-order valence-electron chi connectivity index (χ2n) is 7.63. The van der Waals surface area contributed by atoms with E-state index in [2.05, 4.69) is 44.7 Å². The molecule has 0 bridgehead atoms. The fourth-order valence-electron chi connectivity index (χ4n) is 3.64. The number of anilines is 1. The second-order valence-corrected chi connectivity index (χ2v) is 10.1. The quantitative estimate of drug-likeness (QED) is 0.485. The van der Waals surface area contributed by atoms with Crippen LogP contribution in [0.5, 0.6) is 0 Å². The Bertz CT molecular complexity index is 1180. The molecule has 1 atom stereocenters. The molecule has 0 saturated heterocycles. The van der Waals surface area contributed by atoms with Crippen LogP contribution < -0.4 is 10.6 Å². The second kappa shape index (κ2) is 9.30. The van der Waals surface area contributed by atoms with Gasteiger partial charge in [0.25, 0.3) is 5.91 Å². The summed E-state index contributed by atoms with van der Waals surface area (Å²) in [6, 6.07) is 9.61. The van der Waals surface area contributed by atoms with Crippen molar-refractivity contribution >= 4 is 55.5 Å². The first-order valence-corrected chi connectivity index (χ1v) is 11.9. The lowest BCUT2D eigenvalue weighted by atomic mass is 9.89. The third kappa shape index (κ3) is 5.03. The zero-order valence-corrected chi connectivity index (χ0v) is 20.0. The predicted molar refractivity (Wildman–Crippen MR) is 129 cm³/mol. The van der Waals surface area contributed by atoms with Crippen molar-refractivity contribution < 1.29 is 4.79 Å². The minimum Gasteiger partial charge on any atom is -0.323 e. The summed E-state index contributed by atoms with van der Waals surface area (Å²) in [6.07, 6.45) is 6.61. The Hall–Kier alpha value is -2.54. The lowest BCUT2D eigenvalue weighted by Gasteiger charge is -2.17. The number of hydrogen-bond acceptors (Lipinski definition) is 5. The van der Waals surface area contributed by atoms with Crippen LogP contribution in [0.25, 0.3) is 0 Å². The van der Waals surface area contributed by atoms with Gasteiger partial charge >= 0.3 is 0 Å². The number of nitrogens with zero attached hydrogens (tertiary/aromatic N) is 3. The topological polar surface area (TPSA) is 82.7 Å². The van der Waals surface area contributed by atoms with Crippen molar-refractivity contribution in [2.75, 3.05) is 5.32 Å². The van der Waals surface area contributed by atoms with E-state index in [4.69, 9.17) is 12.2 Å². The summed E-state index contributed by atoms with van der Waals surface area (Å²) in [5.74, 6) is 0.328. The molecule has 9 heteroatoms. The molecular formula is C22H20BrN5OS2. The molecule has 0 saturated carbocycles. The zero-order valence-electron chi connectivity index (χ0n) is 16.8. The Kier molecular flexibility index (Phi) is 6.51. The van der Waals surface area contributed by atoms with Crippen LogP contribution in [0.1, 0.15) is 45.3 Å². The lowest BCUT2D eigenvalue weighted by molar-refractivity contribution is 0.0977. The van der Waals surface area contributed by atoms with E-state index in [0.717, 1.165) is 34.9 Å². The van der Waals surface area contributed by atoms with Gasteiger partial charge in [0, 0.05) is 16.6 Å². The van der Waals surface area contributed by atoms with Crippen molar-refractivity contribution in [3.05, 3.63) is 68.3 Å². The molecule has 3 aromatic rings. The van der Waals surface area contributed by atoms with Crippen LogP contribution >= 0.6 is 39.5 Å². The molecule has 6 nitrogen and oxygen atoms in total. The highest BCUT2D eigenvalue weighted by Crippen LogP contribution is 2.39. The minimum absolute atomic E-state index is 0.193. The van der Waals surface area contributed by atoms with E-state index in [1.54, 1.807) is 29.7 Å². The van der Waals surface area contributed by atoms with E-state index < -0.39 is 0 Å². The monoisotopic (exact) mass is 513 g/mol. The SMILES string of the molecule is CC1CCc2c(sc(NC(=S)NC(=O)c3ccc(Cn4cc(Br)cn4)cc3)c2C#N)C1. The molecular weight excluding hydrogens is 494 g/mol. The van der Waals surface area contributed by atoms with Crippen LogP contribution in [0, 0.1) is 17.2 Å². The van der Waals surface area contributed by atoms with Gasteiger partial charge in [0.05, 0.1) is 22.8 Å². The molecule has 1 aliphatic rings. The van der Waals surface area contributed by atoms with Crippen LogP contribution in [0.15, 0.2) is 41.1 Å². The van der Waals surface area contributed by atoms with E-state index in [-0.39, 0.29) is 11.0 Å². The third-order valence-corrected chi connectivity index (χ3v) is 7.02. The fraction of sp³-hybridized carbons (Fsp3) is 0.273. The Morgan fingerprint density at radius 3 is 2.87 bits per heavy atom. The van der Waals surface area contributed by atoms with Crippen molar-refractivity contribution in [3.63, 3.8) is 0 Å². The number of nitriles is 1. The number of hydrogen-bond donors (Lipinski definition) is 2. The standard InChI is InChI=1S/C22H20BrN5OS2/c1-13-2-7-17-18(9-24)21(31-19(17)8-13)27-22(30)26-20(29)15-5-3-14(4-6-15)11-28-12-16(23)10-25-28/h3-6,10,12-13H,2,7-8,11H2,1H3,(H2,26,27,29,30). The van der Waals surface area contributed by atoms with Gasteiger partial charge < -0.3 is 5.32 Å². The van der Waals surface area contributed by atoms with E-state index >= 15 is 0 Å². The number of carbonyl (C=O) groups excluding carboxylic acids is 1. The maximum absolute atomic E-state index is 12.6. The van der Waals surface area contributed by atoms with Crippen molar-refractivity contribution in [3.8, 4) is 6.07 Å². The largest absolute Gasteiger partial charge is 0.323 e. The Labute approximate surface area is 198 Å². The molecule has 1 amide bonds. The summed E-state index contributed by atoms with van der Waals surface area (Å²) in [5, 5.41) is 20.5. The number of amides is 1. The van der Waals surface area contributed by atoms with Crippen molar-refractivity contribution in [2.45, 2.75) is 32.7 Å². The van der Waals surface area contributed by atoms with Crippen LogP contribution in [0.3, 0.4) is 0 Å². The molecule has 2 aromatic heterocycles. The smallest absolute Gasteiger partial charge is 0.257 e. The number of rotatable bonds is 4. The highest BCUT2D eigenvalue weighted by Gasteiger charge is 2.24. The Morgan fingerprint density at radius 2 is 2.19 bits per heavy atom. The molecule has 1 unspecified atom stereocenters. The van der Waals surface area contributed by atoms with E-state index in [0.29, 0.717) is 28.6 Å². The van der Waals surface area contributed by atoms with Gasteiger partial charge in [0.1, 0.15) is 11.1 Å². The molecule has 4 rings (SSSR count). The summed E-state index contributed by atoms with van der Waals surface area (Å²) in [4.78, 5) is 13.8. The van der Waals surface area contributed by atoms with Crippen LogP contribution in [0.2, 0.25) is 0 Å². The maximum atomic E-state index is 12.6. The Balaban J connectivity index is 1.39. The summed E-state index contributed by atoms with van der Waals surface area (Å²) in [7, 11) is 0. The normalized spacial score (nSPS) is 15.1. The number of benzene rings is 1. The molecule has 1 aliphatic carbocycles. The minimum atomic E-state index is -0.292. The summed E-state index contributed by atoms with van der Waals surface area (Å²) >= 11 is 10.3. The average Bonchev–Trinajstić information content (AvgIpc) is 3.29. The van der Waals surface area contributed by atoms with E-state index in [1.807, 2.05) is 23.0 Å². The van der Waals surface area contributed by atoms with Gasteiger partial charge in [0.15, 0.2) is 5.11 Å². The summed E-state index contributed by atoms with van der Waals surface area (Å²) in [5.41, 5.74) is 3.32. The number of nitrogens with one attached hydrogen (secondary N) is 2. The molecule has 2 N–H and O–H groups in total. The van der Waals surface area contributed by atoms with Crippen LogP contribution in [0.4, 0.5) is 5.00 Å². The number of halogens is 1. The number of thiocarbonyl (C=S) groups is 1. The molecule has 0 spiro atoms. The van der Waals surface area contributed by atoms with E-state index in [1.165, 1.54) is 4.88 Å². The molecule has 0 radical (unpaired) electrons. The van der Waals surface area contributed by atoms with Gasteiger partial charge in [-0.3, -0.25) is 14.8 Å². The number of thiophene rings is 1. The van der Waals surface area contributed by atoms with Gasteiger partial charge in [-0.15, -0.1) is 11.3 Å². The van der Waals surface area contributed by atoms with Crippen LogP contribution in [-0.2, 0) is 19.4 Å². The lowest BCUT2D eigenvalue weighted by Crippen LogP contribution is -2.34. The molecule has 1 aromatic carbocycles. The fourth-order valence-corrected chi connectivity index (χ4v) is 5.59. The highest BCUT2D eigenvalue weighted by molar-refractivity contribution is 9.10. The third-order valence-electron chi connectivity index (χ3n) is 5.24. The van der Waals surface area contributed by atoms with Crippen molar-refractivity contribution in [1.29, 1.82) is 5.26 Å². The molecule has 2 heterocycles. The van der Waals surface area contributed by atoms with Gasteiger partial charge in [-0.2, -0.15) is 10.4 Å². The number of carbonyl (C=O) groups is 1. The number of fused-ring (bicyclic) bond motifs is 1. The van der Waals surface area contributed by atoms with Gasteiger partial charge in [-0.05, 0) is 76.6 Å². The molecule has 31 heavy (non-hydrogen) atoms. The molecule has 0 fully saturated rings. The predicted octanol–water partition coefficient (Wildman–Crippen LogP) is 4.88. The first-order valence-electron chi connectivity index (χ1n) is 9.86. The van der Waals surface area contributed by atoms with Crippen molar-refractivity contribution in [1.82, 2.24) is 15.1 Å². The first kappa shape index (κ1) is 21.7. The van der Waals surface area contributed by atoms with Gasteiger partial charge in [-0.25, -0.2) is 0 Å². The molecule has 158 valence electrons. The Morgan fingerprint density at radius 1 is 1.42 bits per heavy atom.